The van der Waals surface area contributed by atoms with Gasteiger partial charge in [-0.15, -0.1) is 0 Å². The first-order chi connectivity index (χ1) is 9.60. The Morgan fingerprint density at radius 3 is 2.70 bits per heavy atom. The molecule has 0 radical (unpaired) electrons. The Morgan fingerprint density at radius 2 is 2.05 bits per heavy atom. The summed E-state index contributed by atoms with van der Waals surface area (Å²) < 4.78 is 0. The van der Waals surface area contributed by atoms with E-state index in [2.05, 4.69) is 49.5 Å². The number of halogens is 1. The summed E-state index contributed by atoms with van der Waals surface area (Å²) in [4.78, 5) is 0. The van der Waals surface area contributed by atoms with Crippen molar-refractivity contribution in [3.8, 4) is 6.07 Å². The molecule has 0 aliphatic rings. The molecule has 0 saturated carbocycles. The summed E-state index contributed by atoms with van der Waals surface area (Å²) in [6.07, 6.45) is 0. The van der Waals surface area contributed by atoms with E-state index in [1.54, 1.807) is 12.1 Å². The standard InChI is InChI=1S/C17H17ClN2/c1-12-4-3-5-15(8-12)13(2)20-11-16-7-6-14(10-19)9-17(16)18/h3-9,13,20H,11H2,1-2H3/t13-/m1/s1. The third kappa shape index (κ3) is 3.60. The van der Waals surface area contributed by atoms with Gasteiger partial charge in [0.05, 0.1) is 11.6 Å². The molecule has 0 aromatic heterocycles. The SMILES string of the molecule is Cc1cccc([C@@H](C)NCc2ccc(C#N)cc2Cl)c1. The van der Waals surface area contributed by atoms with Gasteiger partial charge in [0.15, 0.2) is 0 Å². The van der Waals surface area contributed by atoms with Gasteiger partial charge in [-0.25, -0.2) is 0 Å². The van der Waals surface area contributed by atoms with Crippen molar-refractivity contribution in [2.24, 2.45) is 0 Å². The van der Waals surface area contributed by atoms with Gasteiger partial charge >= 0.3 is 0 Å². The third-order valence-electron chi connectivity index (χ3n) is 3.32. The molecule has 1 N–H and O–H groups in total. The molecule has 0 aliphatic heterocycles. The molecular formula is C17H17ClN2. The van der Waals surface area contributed by atoms with Crippen molar-refractivity contribution in [1.29, 1.82) is 5.26 Å². The average molecular weight is 285 g/mol. The average Bonchev–Trinajstić information content (AvgIpc) is 2.45. The highest BCUT2D eigenvalue weighted by molar-refractivity contribution is 6.31. The van der Waals surface area contributed by atoms with Gasteiger partial charge in [-0.05, 0) is 37.1 Å². The number of benzene rings is 2. The Hall–Kier alpha value is -1.82. The molecule has 102 valence electrons. The molecule has 20 heavy (non-hydrogen) atoms. The zero-order valence-corrected chi connectivity index (χ0v) is 12.4. The van der Waals surface area contributed by atoms with Crippen molar-refractivity contribution in [3.05, 3.63) is 69.7 Å². The molecule has 0 bridgehead atoms. The van der Waals surface area contributed by atoms with Gasteiger partial charge in [0.2, 0.25) is 0 Å². The largest absolute Gasteiger partial charge is 0.306 e. The van der Waals surface area contributed by atoms with Crippen LogP contribution in [-0.2, 0) is 6.54 Å². The molecule has 0 saturated heterocycles. The van der Waals surface area contributed by atoms with Gasteiger partial charge in [-0.3, -0.25) is 0 Å². The predicted octanol–water partition coefficient (Wildman–Crippen LogP) is 4.37. The van der Waals surface area contributed by atoms with E-state index in [1.165, 1.54) is 11.1 Å². The highest BCUT2D eigenvalue weighted by Gasteiger charge is 2.07. The van der Waals surface area contributed by atoms with Crippen LogP contribution in [0.1, 0.15) is 35.2 Å². The Bertz CT molecular complexity index is 644. The summed E-state index contributed by atoms with van der Waals surface area (Å²) in [7, 11) is 0. The summed E-state index contributed by atoms with van der Waals surface area (Å²) in [6, 6.07) is 16.2. The molecule has 0 aliphatic carbocycles. The molecule has 0 unspecified atom stereocenters. The molecule has 0 amide bonds. The van der Waals surface area contributed by atoms with Crippen LogP contribution in [0.2, 0.25) is 5.02 Å². The molecule has 0 heterocycles. The summed E-state index contributed by atoms with van der Waals surface area (Å²) in [5, 5.41) is 12.9. The summed E-state index contributed by atoms with van der Waals surface area (Å²) >= 11 is 6.17. The lowest BCUT2D eigenvalue weighted by molar-refractivity contribution is 0.574. The van der Waals surface area contributed by atoms with E-state index >= 15 is 0 Å². The fourth-order valence-corrected chi connectivity index (χ4v) is 2.33. The summed E-state index contributed by atoms with van der Waals surface area (Å²) in [5.41, 5.74) is 4.11. The van der Waals surface area contributed by atoms with Gasteiger partial charge in [0, 0.05) is 17.6 Å². The van der Waals surface area contributed by atoms with Crippen molar-refractivity contribution in [2.45, 2.75) is 26.4 Å². The lowest BCUT2D eigenvalue weighted by atomic mass is 10.1. The fourth-order valence-electron chi connectivity index (χ4n) is 2.08. The number of nitriles is 1. The van der Waals surface area contributed by atoms with Crippen molar-refractivity contribution >= 4 is 11.6 Å². The summed E-state index contributed by atoms with van der Waals surface area (Å²) in [5.74, 6) is 0. The maximum Gasteiger partial charge on any atom is 0.0992 e. The first-order valence-corrected chi connectivity index (χ1v) is 6.96. The van der Waals surface area contributed by atoms with E-state index in [0.29, 0.717) is 17.1 Å². The van der Waals surface area contributed by atoms with E-state index in [4.69, 9.17) is 16.9 Å². The zero-order chi connectivity index (χ0) is 14.5. The first kappa shape index (κ1) is 14.6. The minimum Gasteiger partial charge on any atom is -0.306 e. The second-order valence-electron chi connectivity index (χ2n) is 4.93. The van der Waals surface area contributed by atoms with Crippen LogP contribution in [0.4, 0.5) is 0 Å². The molecule has 0 spiro atoms. The molecule has 2 nitrogen and oxygen atoms in total. The zero-order valence-electron chi connectivity index (χ0n) is 11.7. The minimum atomic E-state index is 0.251. The van der Waals surface area contributed by atoms with E-state index in [9.17, 15) is 0 Å². The Labute approximate surface area is 125 Å². The second kappa shape index (κ2) is 6.56. The van der Waals surface area contributed by atoms with Gasteiger partial charge in [0.25, 0.3) is 0 Å². The number of aryl methyl sites for hydroxylation is 1. The minimum absolute atomic E-state index is 0.251. The van der Waals surface area contributed by atoms with Crippen LogP contribution in [0.5, 0.6) is 0 Å². The van der Waals surface area contributed by atoms with Gasteiger partial charge < -0.3 is 5.32 Å². The van der Waals surface area contributed by atoms with Gasteiger partial charge in [-0.1, -0.05) is 47.5 Å². The van der Waals surface area contributed by atoms with Crippen LogP contribution in [0.25, 0.3) is 0 Å². The van der Waals surface area contributed by atoms with E-state index in [0.717, 1.165) is 5.56 Å². The summed E-state index contributed by atoms with van der Waals surface area (Å²) in [6.45, 7) is 4.90. The third-order valence-corrected chi connectivity index (χ3v) is 3.67. The molecule has 1 atom stereocenters. The van der Waals surface area contributed by atoms with E-state index < -0.39 is 0 Å². The normalized spacial score (nSPS) is 11.9. The highest BCUT2D eigenvalue weighted by atomic mass is 35.5. The van der Waals surface area contributed by atoms with E-state index in [-0.39, 0.29) is 6.04 Å². The van der Waals surface area contributed by atoms with Gasteiger partial charge in [0.1, 0.15) is 0 Å². The molecule has 2 rings (SSSR count). The quantitative estimate of drug-likeness (QED) is 0.905. The Kier molecular flexibility index (Phi) is 4.79. The number of hydrogen-bond acceptors (Lipinski definition) is 2. The smallest absolute Gasteiger partial charge is 0.0992 e. The predicted molar refractivity (Wildman–Crippen MR) is 82.6 cm³/mol. The van der Waals surface area contributed by atoms with Crippen molar-refractivity contribution in [2.75, 3.05) is 0 Å². The number of nitrogens with one attached hydrogen (secondary N) is 1. The molecule has 0 fully saturated rings. The van der Waals surface area contributed by atoms with Crippen molar-refractivity contribution in [3.63, 3.8) is 0 Å². The topological polar surface area (TPSA) is 35.8 Å². The number of hydrogen-bond donors (Lipinski definition) is 1. The molecular weight excluding hydrogens is 268 g/mol. The first-order valence-electron chi connectivity index (χ1n) is 6.58. The maximum absolute atomic E-state index is 8.82. The van der Waals surface area contributed by atoms with Crippen LogP contribution in [-0.4, -0.2) is 0 Å². The molecule has 3 heteroatoms. The van der Waals surface area contributed by atoms with Crippen molar-refractivity contribution < 1.29 is 0 Å². The van der Waals surface area contributed by atoms with Crippen LogP contribution in [0.3, 0.4) is 0 Å². The van der Waals surface area contributed by atoms with E-state index in [1.807, 2.05) is 6.07 Å². The van der Waals surface area contributed by atoms with Crippen LogP contribution < -0.4 is 5.32 Å². The monoisotopic (exact) mass is 284 g/mol. The molecule has 2 aromatic carbocycles. The highest BCUT2D eigenvalue weighted by Crippen LogP contribution is 2.19. The Balaban J connectivity index is 2.04. The van der Waals surface area contributed by atoms with Crippen molar-refractivity contribution in [1.82, 2.24) is 5.32 Å². The lowest BCUT2D eigenvalue weighted by Gasteiger charge is -2.15. The van der Waals surface area contributed by atoms with Crippen LogP contribution in [0, 0.1) is 18.3 Å². The van der Waals surface area contributed by atoms with Crippen LogP contribution in [0.15, 0.2) is 42.5 Å². The number of nitrogens with zero attached hydrogens (tertiary/aromatic N) is 1. The lowest BCUT2D eigenvalue weighted by Crippen LogP contribution is -2.18. The fraction of sp³-hybridized carbons (Fsp3) is 0.235. The maximum atomic E-state index is 8.82. The number of rotatable bonds is 4. The molecule has 2 aromatic rings. The van der Waals surface area contributed by atoms with Crippen LogP contribution >= 0.6 is 11.6 Å². The van der Waals surface area contributed by atoms with Gasteiger partial charge in [-0.2, -0.15) is 5.26 Å². The Morgan fingerprint density at radius 1 is 1.25 bits per heavy atom. The second-order valence-corrected chi connectivity index (χ2v) is 5.34.